The molecule has 1 amide bonds. The van der Waals surface area contributed by atoms with Crippen molar-refractivity contribution in [3.8, 4) is 5.75 Å². The molecule has 0 aliphatic carbocycles. The number of halogens is 2. The molecule has 112 valence electrons. The molecule has 0 bridgehead atoms. The Hall–Kier alpha value is -1.04. The number of hydrogen-bond donors (Lipinski definition) is 1. The van der Waals surface area contributed by atoms with Crippen LogP contribution in [-0.2, 0) is 5.33 Å². The highest BCUT2D eigenvalue weighted by Crippen LogP contribution is 2.29. The summed E-state index contributed by atoms with van der Waals surface area (Å²) in [4.78, 5) is 12.8. The van der Waals surface area contributed by atoms with Crippen LogP contribution in [0.3, 0.4) is 0 Å². The molecule has 0 atom stereocenters. The molecule has 1 heterocycles. The summed E-state index contributed by atoms with van der Waals surface area (Å²) in [5.74, 6) is 0.625. The summed E-state index contributed by atoms with van der Waals surface area (Å²) in [6.07, 6.45) is 0. The molecule has 0 unspecified atom stereocenters. The van der Waals surface area contributed by atoms with Crippen molar-refractivity contribution in [2.45, 2.75) is 19.2 Å². The largest absolute Gasteiger partial charge is 0.494 e. The average molecular weight is 389 g/mol. The van der Waals surface area contributed by atoms with Gasteiger partial charge in [0.1, 0.15) is 10.6 Å². The van der Waals surface area contributed by atoms with Crippen LogP contribution in [0.2, 0.25) is 5.02 Å². The van der Waals surface area contributed by atoms with Crippen molar-refractivity contribution in [1.82, 2.24) is 0 Å². The number of nitrogens with one attached hydrogen (secondary N) is 1. The molecule has 6 heteroatoms. The number of anilines is 1. The predicted molar refractivity (Wildman–Crippen MR) is 92.3 cm³/mol. The first-order valence-electron chi connectivity index (χ1n) is 6.43. The lowest BCUT2D eigenvalue weighted by molar-refractivity contribution is 0.103. The van der Waals surface area contributed by atoms with Gasteiger partial charge in [-0.3, -0.25) is 4.79 Å². The standard InChI is InChI=1S/C15H15BrClNO2S/c1-3-20-12-5-4-11(6-10(12)7-16)18-15(19)14-13(17)9(2)8-21-14/h4-6,8H,3,7H2,1-2H3,(H,18,19). The van der Waals surface area contributed by atoms with E-state index in [9.17, 15) is 4.79 Å². The van der Waals surface area contributed by atoms with E-state index < -0.39 is 0 Å². The Bertz CT molecular complexity index is 657. The molecular formula is C15H15BrClNO2S. The Balaban J connectivity index is 2.19. The first-order chi connectivity index (χ1) is 10.1. The topological polar surface area (TPSA) is 38.3 Å². The Labute approximate surface area is 141 Å². The van der Waals surface area contributed by atoms with Gasteiger partial charge in [-0.15, -0.1) is 11.3 Å². The predicted octanol–water partition coefficient (Wildman–Crippen LogP) is 5.26. The lowest BCUT2D eigenvalue weighted by Crippen LogP contribution is -2.11. The molecule has 1 aromatic carbocycles. The maximum atomic E-state index is 12.2. The van der Waals surface area contributed by atoms with Crippen molar-refractivity contribution < 1.29 is 9.53 Å². The van der Waals surface area contributed by atoms with Crippen molar-refractivity contribution in [3.05, 3.63) is 44.6 Å². The van der Waals surface area contributed by atoms with Gasteiger partial charge in [0.2, 0.25) is 0 Å². The van der Waals surface area contributed by atoms with E-state index in [0.29, 0.717) is 21.8 Å². The fourth-order valence-corrected chi connectivity index (χ4v) is 3.44. The molecule has 21 heavy (non-hydrogen) atoms. The van der Waals surface area contributed by atoms with Crippen molar-refractivity contribution in [1.29, 1.82) is 0 Å². The molecular weight excluding hydrogens is 374 g/mol. The third-order valence-corrected chi connectivity index (χ3v) is 5.17. The molecule has 0 saturated heterocycles. The third-order valence-electron chi connectivity index (χ3n) is 2.87. The van der Waals surface area contributed by atoms with Crippen molar-refractivity contribution in [2.24, 2.45) is 0 Å². The zero-order valence-electron chi connectivity index (χ0n) is 11.7. The van der Waals surface area contributed by atoms with Gasteiger partial charge in [0.25, 0.3) is 5.91 Å². The van der Waals surface area contributed by atoms with Gasteiger partial charge >= 0.3 is 0 Å². The van der Waals surface area contributed by atoms with Crippen molar-refractivity contribution in [3.63, 3.8) is 0 Å². The van der Waals surface area contributed by atoms with Crippen LogP contribution < -0.4 is 10.1 Å². The van der Waals surface area contributed by atoms with E-state index in [1.165, 1.54) is 11.3 Å². The van der Waals surface area contributed by atoms with Crippen LogP contribution >= 0.6 is 38.9 Å². The highest BCUT2D eigenvalue weighted by Gasteiger charge is 2.15. The number of rotatable bonds is 5. The van der Waals surface area contributed by atoms with Crippen molar-refractivity contribution >= 4 is 50.5 Å². The van der Waals surface area contributed by atoms with Crippen molar-refractivity contribution in [2.75, 3.05) is 11.9 Å². The zero-order valence-corrected chi connectivity index (χ0v) is 14.9. The highest BCUT2D eigenvalue weighted by atomic mass is 79.9. The van der Waals surface area contributed by atoms with E-state index in [-0.39, 0.29) is 5.91 Å². The minimum Gasteiger partial charge on any atom is -0.494 e. The molecule has 0 spiro atoms. The monoisotopic (exact) mass is 387 g/mol. The van der Waals surface area contributed by atoms with Crippen LogP contribution in [0.5, 0.6) is 5.75 Å². The summed E-state index contributed by atoms with van der Waals surface area (Å²) in [5.41, 5.74) is 2.63. The molecule has 1 N–H and O–H groups in total. The number of amides is 1. The number of carbonyl (C=O) groups excluding carboxylic acids is 1. The zero-order chi connectivity index (χ0) is 15.4. The first kappa shape index (κ1) is 16.3. The SMILES string of the molecule is CCOc1ccc(NC(=O)c2scc(C)c2Cl)cc1CBr. The Morgan fingerprint density at radius 2 is 2.24 bits per heavy atom. The molecule has 2 rings (SSSR count). The Morgan fingerprint density at radius 1 is 1.48 bits per heavy atom. The smallest absolute Gasteiger partial charge is 0.267 e. The van der Waals surface area contributed by atoms with Gasteiger partial charge in [0.15, 0.2) is 0 Å². The third kappa shape index (κ3) is 3.78. The van der Waals surface area contributed by atoms with Crippen LogP contribution in [0.1, 0.15) is 27.7 Å². The maximum absolute atomic E-state index is 12.2. The molecule has 0 fully saturated rings. The summed E-state index contributed by atoms with van der Waals surface area (Å²) in [5, 5.41) is 5.92. The van der Waals surface area contributed by atoms with E-state index in [4.69, 9.17) is 16.3 Å². The highest BCUT2D eigenvalue weighted by molar-refractivity contribution is 9.08. The molecule has 2 aromatic rings. The van der Waals surface area contributed by atoms with Gasteiger partial charge in [-0.2, -0.15) is 0 Å². The van der Waals surface area contributed by atoms with E-state index in [0.717, 1.165) is 22.6 Å². The molecule has 3 nitrogen and oxygen atoms in total. The second-order valence-corrected chi connectivity index (χ2v) is 6.22. The summed E-state index contributed by atoms with van der Waals surface area (Å²) < 4.78 is 5.53. The Kier molecular flexibility index (Phi) is 5.67. The molecule has 0 aliphatic heterocycles. The quantitative estimate of drug-likeness (QED) is 0.710. The van der Waals surface area contributed by atoms with Crippen LogP contribution in [0.25, 0.3) is 0 Å². The minimum absolute atomic E-state index is 0.192. The van der Waals surface area contributed by atoms with Crippen LogP contribution in [-0.4, -0.2) is 12.5 Å². The molecule has 0 saturated carbocycles. The van der Waals surface area contributed by atoms with Gasteiger partial charge in [-0.05, 0) is 43.0 Å². The van der Waals surface area contributed by atoms with E-state index >= 15 is 0 Å². The maximum Gasteiger partial charge on any atom is 0.267 e. The summed E-state index contributed by atoms with van der Waals surface area (Å²) >= 11 is 10.9. The fraction of sp³-hybridized carbons (Fsp3) is 0.267. The molecule has 0 radical (unpaired) electrons. The number of hydrogen-bond acceptors (Lipinski definition) is 3. The number of alkyl halides is 1. The van der Waals surface area contributed by atoms with E-state index in [1.807, 2.05) is 37.4 Å². The van der Waals surface area contributed by atoms with Gasteiger partial charge in [0, 0.05) is 16.6 Å². The normalized spacial score (nSPS) is 10.5. The number of benzene rings is 1. The first-order valence-corrected chi connectivity index (χ1v) is 8.81. The summed E-state index contributed by atoms with van der Waals surface area (Å²) in [6.45, 7) is 4.43. The van der Waals surface area contributed by atoms with Gasteiger partial charge in [-0.25, -0.2) is 0 Å². The summed E-state index contributed by atoms with van der Waals surface area (Å²) in [7, 11) is 0. The second-order valence-electron chi connectivity index (χ2n) is 4.41. The number of aryl methyl sites for hydroxylation is 1. The average Bonchev–Trinajstić information content (AvgIpc) is 2.81. The van der Waals surface area contributed by atoms with Gasteiger partial charge in [-0.1, -0.05) is 27.5 Å². The van der Waals surface area contributed by atoms with Gasteiger partial charge in [0.05, 0.1) is 11.6 Å². The second kappa shape index (κ2) is 7.29. The molecule has 0 aliphatic rings. The lowest BCUT2D eigenvalue weighted by atomic mass is 10.2. The van der Waals surface area contributed by atoms with E-state index in [1.54, 1.807) is 0 Å². The van der Waals surface area contributed by atoms with Gasteiger partial charge < -0.3 is 10.1 Å². The van der Waals surface area contributed by atoms with E-state index in [2.05, 4.69) is 21.2 Å². The molecule has 1 aromatic heterocycles. The van der Waals surface area contributed by atoms with Crippen LogP contribution in [0.15, 0.2) is 23.6 Å². The fourth-order valence-electron chi connectivity index (χ4n) is 1.83. The van der Waals surface area contributed by atoms with Crippen LogP contribution in [0, 0.1) is 6.92 Å². The lowest BCUT2D eigenvalue weighted by Gasteiger charge is -2.11. The number of thiophene rings is 1. The minimum atomic E-state index is -0.192. The summed E-state index contributed by atoms with van der Waals surface area (Å²) in [6, 6.07) is 5.58. The number of carbonyl (C=O) groups is 1. The number of ether oxygens (including phenoxy) is 1. The Morgan fingerprint density at radius 3 is 2.81 bits per heavy atom. The van der Waals surface area contributed by atoms with Crippen LogP contribution in [0.4, 0.5) is 5.69 Å².